The van der Waals surface area contributed by atoms with Gasteiger partial charge in [-0.05, 0) is 48.2 Å². The molecule has 10 heteroatoms. The summed E-state index contributed by atoms with van der Waals surface area (Å²) in [6, 6.07) is 22.3. The lowest BCUT2D eigenvalue weighted by molar-refractivity contribution is -0.245. The topological polar surface area (TPSA) is 143 Å². The molecule has 0 aliphatic carbocycles. The summed E-state index contributed by atoms with van der Waals surface area (Å²) in [5, 5.41) is 24.3. The van der Waals surface area contributed by atoms with Crippen LogP contribution in [0, 0.1) is 0 Å². The van der Waals surface area contributed by atoms with Crippen LogP contribution in [0.25, 0.3) is 0 Å². The molecular weight excluding hydrogens is 554 g/mol. The average molecular weight is 594 g/mol. The lowest BCUT2D eigenvalue weighted by atomic mass is 10.0. The zero-order valence-corrected chi connectivity index (χ0v) is 24.4. The first-order valence-electron chi connectivity index (χ1n) is 14.2. The minimum atomic E-state index is -0.580. The van der Waals surface area contributed by atoms with Crippen LogP contribution in [0.4, 0.5) is 17.1 Å². The van der Waals surface area contributed by atoms with Crippen LogP contribution in [0.15, 0.2) is 72.8 Å². The number of rotatable bonds is 14. The summed E-state index contributed by atoms with van der Waals surface area (Å²) in [5.74, 6) is 1.13. The zero-order valence-electron chi connectivity index (χ0n) is 23.5. The van der Waals surface area contributed by atoms with Crippen LogP contribution in [0.2, 0.25) is 0 Å². The van der Waals surface area contributed by atoms with E-state index in [1.165, 1.54) is 0 Å². The number of nitrogens with one attached hydrogen (secondary N) is 2. The van der Waals surface area contributed by atoms with Crippen molar-refractivity contribution in [3.05, 3.63) is 89.5 Å². The van der Waals surface area contributed by atoms with E-state index in [0.717, 1.165) is 22.4 Å². The van der Waals surface area contributed by atoms with Gasteiger partial charge in [0.05, 0.1) is 36.8 Å². The maximum Gasteiger partial charge on any atom is 0.224 e. The van der Waals surface area contributed by atoms with Crippen LogP contribution in [-0.2, 0) is 25.7 Å². The Hall–Kier alpha value is -3.41. The van der Waals surface area contributed by atoms with Gasteiger partial charge in [-0.2, -0.15) is 11.8 Å². The van der Waals surface area contributed by atoms with Gasteiger partial charge in [0.15, 0.2) is 6.29 Å². The molecule has 1 aliphatic rings. The van der Waals surface area contributed by atoms with Crippen LogP contribution in [0.5, 0.6) is 0 Å². The highest BCUT2D eigenvalue weighted by atomic mass is 32.2. The summed E-state index contributed by atoms with van der Waals surface area (Å²) in [6.45, 7) is 0.110. The van der Waals surface area contributed by atoms with Gasteiger partial charge in [-0.1, -0.05) is 48.5 Å². The Bertz CT molecular complexity index is 1290. The Morgan fingerprint density at radius 1 is 0.857 bits per heavy atom. The molecule has 0 spiro atoms. The Balaban J connectivity index is 1.27. The Kier molecular flexibility index (Phi) is 12.2. The van der Waals surface area contributed by atoms with Crippen molar-refractivity contribution in [1.82, 2.24) is 0 Å². The molecule has 3 aromatic rings. The molecule has 4 rings (SSSR count). The summed E-state index contributed by atoms with van der Waals surface area (Å²) < 4.78 is 12.6. The lowest BCUT2D eigenvalue weighted by Gasteiger charge is -2.36. The summed E-state index contributed by atoms with van der Waals surface area (Å²) >= 11 is 1.64. The molecule has 3 aromatic carbocycles. The monoisotopic (exact) mass is 593 g/mol. The number of thioether (sulfide) groups is 1. The van der Waals surface area contributed by atoms with E-state index in [4.69, 9.17) is 15.2 Å². The van der Waals surface area contributed by atoms with Gasteiger partial charge in [0.2, 0.25) is 11.8 Å². The van der Waals surface area contributed by atoms with Gasteiger partial charge >= 0.3 is 0 Å². The van der Waals surface area contributed by atoms with Gasteiger partial charge in [0, 0.05) is 42.0 Å². The van der Waals surface area contributed by atoms with Gasteiger partial charge in [-0.15, -0.1) is 0 Å². The predicted molar refractivity (Wildman–Crippen MR) is 166 cm³/mol. The number of anilines is 3. The molecule has 1 aliphatic heterocycles. The fourth-order valence-electron chi connectivity index (χ4n) is 4.64. The first-order chi connectivity index (χ1) is 20.4. The fraction of sp³-hybridized carbons (Fsp3) is 0.375. The number of hydrogen-bond donors (Lipinski definition) is 5. The third kappa shape index (κ3) is 9.57. The summed E-state index contributed by atoms with van der Waals surface area (Å²) in [7, 11) is 0. The van der Waals surface area contributed by atoms with Gasteiger partial charge in [0.25, 0.3) is 0 Å². The van der Waals surface area contributed by atoms with Crippen molar-refractivity contribution in [3.63, 3.8) is 0 Å². The highest BCUT2D eigenvalue weighted by Gasteiger charge is 2.32. The van der Waals surface area contributed by atoms with E-state index in [2.05, 4.69) is 10.6 Å². The van der Waals surface area contributed by atoms with E-state index >= 15 is 0 Å². The number of nitrogen functional groups attached to an aromatic ring is 1. The van der Waals surface area contributed by atoms with Crippen LogP contribution in [-0.4, -0.2) is 46.2 Å². The molecule has 3 atom stereocenters. The number of benzene rings is 3. The number of hydrogen-bond acceptors (Lipinski definition) is 8. The second-order valence-electron chi connectivity index (χ2n) is 10.2. The standard InChI is InChI=1S/C32H39N3O6S/c33-27-5-1-2-6-28(27)35-31(39)8-4-3-7-30(38)34-25-15-13-24(14-16-25)32-40-26(21-42-18-17-36)19-29(41-32)23-11-9-22(20-37)10-12-23/h1-2,5-6,9-16,26,29,32,36-37H,3-4,7-8,17-21,33H2,(H,34,38)(H,35,39)/t26-,29+,32+/m1/s1. The van der Waals surface area contributed by atoms with Gasteiger partial charge < -0.3 is 36.1 Å². The number of ether oxygens (including phenoxy) is 2. The number of carbonyl (C=O) groups excluding carboxylic acids is 2. The van der Waals surface area contributed by atoms with Crippen molar-refractivity contribution in [1.29, 1.82) is 0 Å². The number of carbonyl (C=O) groups is 2. The minimum absolute atomic E-state index is 0.0112. The Morgan fingerprint density at radius 3 is 2.19 bits per heavy atom. The van der Waals surface area contributed by atoms with Crippen molar-refractivity contribution in [2.75, 3.05) is 34.5 Å². The number of amides is 2. The van der Waals surface area contributed by atoms with Crippen LogP contribution >= 0.6 is 11.8 Å². The molecule has 1 heterocycles. The van der Waals surface area contributed by atoms with Crippen LogP contribution < -0.4 is 16.4 Å². The molecule has 6 N–H and O–H groups in total. The third-order valence-corrected chi connectivity index (χ3v) is 7.99. The lowest BCUT2D eigenvalue weighted by Crippen LogP contribution is -2.31. The van der Waals surface area contributed by atoms with E-state index in [1.807, 2.05) is 60.7 Å². The van der Waals surface area contributed by atoms with Crippen molar-refractivity contribution >= 4 is 40.6 Å². The molecule has 2 amide bonds. The number of nitrogens with two attached hydrogens (primary N) is 1. The average Bonchev–Trinajstić information content (AvgIpc) is 3.01. The maximum absolute atomic E-state index is 12.5. The minimum Gasteiger partial charge on any atom is -0.397 e. The molecular formula is C32H39N3O6S. The van der Waals surface area contributed by atoms with E-state index < -0.39 is 6.29 Å². The molecule has 224 valence electrons. The largest absolute Gasteiger partial charge is 0.397 e. The predicted octanol–water partition coefficient (Wildman–Crippen LogP) is 5.17. The molecule has 0 saturated carbocycles. The fourth-order valence-corrected chi connectivity index (χ4v) is 5.42. The highest BCUT2D eigenvalue weighted by Crippen LogP contribution is 2.39. The van der Waals surface area contributed by atoms with Gasteiger partial charge in [-0.3, -0.25) is 9.59 Å². The summed E-state index contributed by atoms with van der Waals surface area (Å²) in [6.07, 6.45) is 1.65. The molecule has 0 bridgehead atoms. The Labute approximate surface area is 250 Å². The second kappa shape index (κ2) is 16.3. The Morgan fingerprint density at radius 2 is 1.52 bits per heavy atom. The molecule has 0 aromatic heterocycles. The molecule has 0 unspecified atom stereocenters. The molecule has 9 nitrogen and oxygen atoms in total. The summed E-state index contributed by atoms with van der Waals surface area (Å²) in [5.41, 5.74) is 10.3. The normalized spacial score (nSPS) is 18.4. The number of aliphatic hydroxyl groups is 2. The van der Waals surface area contributed by atoms with Crippen LogP contribution in [0.3, 0.4) is 0 Å². The molecule has 1 saturated heterocycles. The zero-order chi connectivity index (χ0) is 29.7. The number of unbranched alkanes of at least 4 members (excludes halogenated alkanes) is 1. The van der Waals surface area contributed by atoms with E-state index in [9.17, 15) is 19.8 Å². The second-order valence-corrected chi connectivity index (χ2v) is 11.3. The van der Waals surface area contributed by atoms with E-state index in [1.54, 1.807) is 23.9 Å². The molecule has 42 heavy (non-hydrogen) atoms. The van der Waals surface area contributed by atoms with Crippen LogP contribution in [0.1, 0.15) is 61.2 Å². The summed E-state index contributed by atoms with van der Waals surface area (Å²) in [4.78, 5) is 24.6. The first kappa shape index (κ1) is 31.5. The SMILES string of the molecule is Nc1ccccc1NC(=O)CCCCC(=O)Nc1ccc([C@H]2O[C@@H](CSCCO)C[C@@H](c3ccc(CO)cc3)O2)cc1. The first-order valence-corrected chi connectivity index (χ1v) is 15.3. The quantitative estimate of drug-likeness (QED) is 0.127. The highest BCUT2D eigenvalue weighted by molar-refractivity contribution is 7.99. The van der Waals surface area contributed by atoms with E-state index in [0.29, 0.717) is 54.9 Å². The maximum atomic E-state index is 12.5. The molecule has 0 radical (unpaired) electrons. The van der Waals surface area contributed by atoms with Gasteiger partial charge in [0.1, 0.15) is 0 Å². The number of para-hydroxylation sites is 2. The van der Waals surface area contributed by atoms with Crippen molar-refractivity contribution in [2.45, 2.75) is 57.2 Å². The number of aliphatic hydroxyl groups excluding tert-OH is 2. The smallest absolute Gasteiger partial charge is 0.224 e. The van der Waals surface area contributed by atoms with Crippen molar-refractivity contribution in [2.24, 2.45) is 0 Å². The van der Waals surface area contributed by atoms with E-state index in [-0.39, 0.29) is 37.2 Å². The van der Waals surface area contributed by atoms with Crippen molar-refractivity contribution < 1.29 is 29.3 Å². The van der Waals surface area contributed by atoms with Gasteiger partial charge in [-0.25, -0.2) is 0 Å². The molecule has 1 fully saturated rings. The van der Waals surface area contributed by atoms with Crippen molar-refractivity contribution in [3.8, 4) is 0 Å². The third-order valence-electron chi connectivity index (χ3n) is 6.91.